The molecule has 1 N–H and O–H groups in total. The van der Waals surface area contributed by atoms with E-state index >= 15 is 0 Å². The molecular formula is C11H15N3O4S. The van der Waals surface area contributed by atoms with Crippen LogP contribution < -0.4 is 4.72 Å². The highest BCUT2D eigenvalue weighted by atomic mass is 32.2. The van der Waals surface area contributed by atoms with Gasteiger partial charge < -0.3 is 8.83 Å². The van der Waals surface area contributed by atoms with Gasteiger partial charge in [-0.1, -0.05) is 18.9 Å². The minimum absolute atomic E-state index is 0.0312. The molecule has 0 radical (unpaired) electrons. The molecule has 2 rings (SSSR count). The average molecular weight is 285 g/mol. The fourth-order valence-corrected chi connectivity index (χ4v) is 2.72. The smallest absolute Gasteiger partial charge is 0.329 e. The molecule has 104 valence electrons. The van der Waals surface area contributed by atoms with Gasteiger partial charge >= 0.3 is 6.01 Å². The molecule has 2 heterocycles. The van der Waals surface area contributed by atoms with E-state index in [1.165, 1.54) is 6.07 Å². The summed E-state index contributed by atoms with van der Waals surface area (Å²) in [6, 6.07) is 1.29. The van der Waals surface area contributed by atoms with Gasteiger partial charge in [-0.2, -0.15) is 0 Å². The van der Waals surface area contributed by atoms with Gasteiger partial charge in [0, 0.05) is 12.0 Å². The van der Waals surface area contributed by atoms with Crippen molar-refractivity contribution >= 4 is 16.0 Å². The SMILES string of the molecule is Cc1cc(S(=O)(=O)Nc2nnc(C(C)C)o2)c(C)o1. The first-order valence-corrected chi connectivity index (χ1v) is 7.21. The van der Waals surface area contributed by atoms with Gasteiger partial charge in [0.1, 0.15) is 16.4 Å². The molecule has 0 aliphatic heterocycles. The molecule has 0 saturated heterocycles. The van der Waals surface area contributed by atoms with Crippen molar-refractivity contribution in [3.05, 3.63) is 23.5 Å². The maximum atomic E-state index is 12.1. The summed E-state index contributed by atoms with van der Waals surface area (Å²) in [7, 11) is -3.78. The zero-order valence-electron chi connectivity index (χ0n) is 11.1. The standard InChI is InChI=1S/C11H15N3O4S/c1-6(2)10-12-13-11(18-10)14-19(15,16)9-5-7(3)17-8(9)4/h5-6H,1-4H3,(H,13,14). The van der Waals surface area contributed by atoms with E-state index in [9.17, 15) is 8.42 Å². The highest BCUT2D eigenvalue weighted by Gasteiger charge is 2.23. The lowest BCUT2D eigenvalue weighted by Crippen LogP contribution is -2.13. The van der Waals surface area contributed by atoms with Crippen molar-refractivity contribution < 1.29 is 17.3 Å². The summed E-state index contributed by atoms with van der Waals surface area (Å²) in [6.45, 7) is 7.00. The van der Waals surface area contributed by atoms with Crippen LogP contribution >= 0.6 is 0 Å². The van der Waals surface area contributed by atoms with E-state index in [4.69, 9.17) is 8.83 Å². The highest BCUT2D eigenvalue weighted by Crippen LogP contribution is 2.22. The normalized spacial score (nSPS) is 12.1. The molecule has 0 fully saturated rings. The van der Waals surface area contributed by atoms with Crippen LogP contribution in [0, 0.1) is 13.8 Å². The van der Waals surface area contributed by atoms with Crippen molar-refractivity contribution in [1.82, 2.24) is 10.2 Å². The molecule has 0 aromatic carbocycles. The maximum Gasteiger partial charge on any atom is 0.329 e. The Hall–Kier alpha value is -1.83. The van der Waals surface area contributed by atoms with E-state index < -0.39 is 10.0 Å². The summed E-state index contributed by atoms with van der Waals surface area (Å²) < 4.78 is 36.9. The Balaban J connectivity index is 2.28. The zero-order valence-corrected chi connectivity index (χ0v) is 11.9. The molecule has 0 saturated carbocycles. The molecule has 2 aromatic heterocycles. The van der Waals surface area contributed by atoms with Crippen LogP contribution in [0.4, 0.5) is 6.01 Å². The van der Waals surface area contributed by atoms with E-state index in [1.54, 1.807) is 13.8 Å². The summed E-state index contributed by atoms with van der Waals surface area (Å²) in [5.74, 6) is 1.24. The molecule has 2 aromatic rings. The number of furan rings is 1. The number of hydrogen-bond donors (Lipinski definition) is 1. The summed E-state index contributed by atoms with van der Waals surface area (Å²) in [5, 5.41) is 7.40. The second-order valence-electron chi connectivity index (χ2n) is 4.48. The monoisotopic (exact) mass is 285 g/mol. The number of nitrogens with one attached hydrogen (secondary N) is 1. The number of aryl methyl sites for hydroxylation is 2. The van der Waals surface area contributed by atoms with E-state index in [0.29, 0.717) is 17.4 Å². The van der Waals surface area contributed by atoms with Crippen LogP contribution in [-0.4, -0.2) is 18.6 Å². The molecule has 0 unspecified atom stereocenters. The zero-order chi connectivity index (χ0) is 14.2. The van der Waals surface area contributed by atoms with Crippen molar-refractivity contribution in [2.75, 3.05) is 4.72 Å². The first kappa shape index (κ1) is 13.6. The Morgan fingerprint density at radius 3 is 2.37 bits per heavy atom. The second kappa shape index (κ2) is 4.69. The van der Waals surface area contributed by atoms with Gasteiger partial charge in [-0.05, 0) is 13.8 Å². The van der Waals surface area contributed by atoms with Gasteiger partial charge in [-0.15, -0.1) is 5.10 Å². The van der Waals surface area contributed by atoms with Gasteiger partial charge in [0.05, 0.1) is 0 Å². The van der Waals surface area contributed by atoms with E-state index in [1.807, 2.05) is 13.8 Å². The van der Waals surface area contributed by atoms with Crippen molar-refractivity contribution in [2.45, 2.75) is 38.5 Å². The Kier molecular flexibility index (Phi) is 3.36. The van der Waals surface area contributed by atoms with Gasteiger partial charge in [0.2, 0.25) is 5.89 Å². The average Bonchev–Trinajstić information content (AvgIpc) is 2.85. The molecular weight excluding hydrogens is 270 g/mol. The maximum absolute atomic E-state index is 12.1. The predicted molar refractivity (Wildman–Crippen MR) is 67.4 cm³/mol. The Morgan fingerprint density at radius 2 is 1.89 bits per heavy atom. The van der Waals surface area contributed by atoms with Gasteiger partial charge in [-0.3, -0.25) is 0 Å². The van der Waals surface area contributed by atoms with Crippen molar-refractivity contribution in [3.63, 3.8) is 0 Å². The molecule has 0 aliphatic rings. The minimum atomic E-state index is -3.78. The van der Waals surface area contributed by atoms with Crippen LogP contribution in [0.3, 0.4) is 0 Å². The second-order valence-corrected chi connectivity index (χ2v) is 6.13. The van der Waals surface area contributed by atoms with Gasteiger partial charge in [-0.25, -0.2) is 13.1 Å². The molecule has 19 heavy (non-hydrogen) atoms. The fourth-order valence-electron chi connectivity index (χ4n) is 1.55. The number of nitrogens with zero attached hydrogens (tertiary/aromatic N) is 2. The molecule has 0 amide bonds. The largest absolute Gasteiger partial charge is 0.465 e. The molecule has 0 bridgehead atoms. The quantitative estimate of drug-likeness (QED) is 0.924. The van der Waals surface area contributed by atoms with Gasteiger partial charge in [0.15, 0.2) is 0 Å². The number of hydrogen-bond acceptors (Lipinski definition) is 6. The number of anilines is 1. The number of rotatable bonds is 4. The fraction of sp³-hybridized carbons (Fsp3) is 0.455. The van der Waals surface area contributed by atoms with Crippen molar-refractivity contribution in [3.8, 4) is 0 Å². The molecule has 8 heteroatoms. The minimum Gasteiger partial charge on any atom is -0.465 e. The van der Waals surface area contributed by atoms with E-state index in [2.05, 4.69) is 14.9 Å². The van der Waals surface area contributed by atoms with Crippen LogP contribution in [0.15, 0.2) is 19.8 Å². The third kappa shape index (κ3) is 2.78. The summed E-state index contributed by atoms with van der Waals surface area (Å²) in [4.78, 5) is 0.0642. The lowest BCUT2D eigenvalue weighted by molar-refractivity contribution is 0.483. The predicted octanol–water partition coefficient (Wildman–Crippen LogP) is 2.20. The van der Waals surface area contributed by atoms with Crippen LogP contribution in [-0.2, 0) is 10.0 Å². The molecule has 0 atom stereocenters. The van der Waals surface area contributed by atoms with Crippen LogP contribution in [0.5, 0.6) is 0 Å². The topological polar surface area (TPSA) is 98.2 Å². The molecule has 7 nitrogen and oxygen atoms in total. The van der Waals surface area contributed by atoms with Crippen molar-refractivity contribution in [2.24, 2.45) is 0 Å². The third-order valence-corrected chi connectivity index (χ3v) is 3.87. The molecule has 0 aliphatic carbocycles. The number of aromatic nitrogens is 2. The van der Waals surface area contributed by atoms with E-state index in [0.717, 1.165) is 0 Å². The third-order valence-electron chi connectivity index (χ3n) is 2.44. The summed E-state index contributed by atoms with van der Waals surface area (Å²) in [5.41, 5.74) is 0. The Labute approximate surface area is 111 Å². The van der Waals surface area contributed by atoms with Crippen LogP contribution in [0.1, 0.15) is 37.2 Å². The lowest BCUT2D eigenvalue weighted by atomic mass is 10.2. The molecule has 0 spiro atoms. The summed E-state index contributed by atoms with van der Waals surface area (Å²) in [6.07, 6.45) is 0. The first-order chi connectivity index (χ1) is 8.79. The van der Waals surface area contributed by atoms with Crippen LogP contribution in [0.2, 0.25) is 0 Å². The summed E-state index contributed by atoms with van der Waals surface area (Å²) >= 11 is 0. The first-order valence-electron chi connectivity index (χ1n) is 5.73. The van der Waals surface area contributed by atoms with E-state index in [-0.39, 0.29) is 16.8 Å². The van der Waals surface area contributed by atoms with Crippen molar-refractivity contribution in [1.29, 1.82) is 0 Å². The highest BCUT2D eigenvalue weighted by molar-refractivity contribution is 7.92. The Morgan fingerprint density at radius 1 is 1.21 bits per heavy atom. The van der Waals surface area contributed by atoms with Gasteiger partial charge in [0.25, 0.3) is 10.0 Å². The van der Waals surface area contributed by atoms with Crippen LogP contribution in [0.25, 0.3) is 0 Å². The Bertz CT molecular complexity index is 685. The number of sulfonamides is 1. The lowest BCUT2D eigenvalue weighted by Gasteiger charge is -2.02.